The fourth-order valence-corrected chi connectivity index (χ4v) is 3.61. The van der Waals surface area contributed by atoms with Crippen molar-refractivity contribution in [1.82, 2.24) is 5.32 Å². The maximum Gasteiger partial charge on any atom is 0.128 e. The lowest BCUT2D eigenvalue weighted by atomic mass is 9.98. The minimum atomic E-state index is -0.0965. The van der Waals surface area contributed by atoms with E-state index in [1.54, 1.807) is 6.07 Å². The Morgan fingerprint density at radius 3 is 2.16 bits per heavy atom. The molecule has 0 spiro atoms. The van der Waals surface area contributed by atoms with E-state index in [1.807, 2.05) is 81.6 Å². The number of nitrogens with one attached hydrogen (secondary N) is 1. The SMILES string of the molecule is CC=Cc1ccc(O)c(-c2cc(C=CC)ccc2OC(CCNC)c2ccccc2)c1. The molecule has 3 rings (SSSR count). The first kappa shape index (κ1) is 22.4. The van der Waals surface area contributed by atoms with Crippen LogP contribution in [0.1, 0.15) is 43.1 Å². The number of allylic oxidation sites excluding steroid dienone is 2. The number of benzene rings is 3. The molecule has 0 heterocycles. The van der Waals surface area contributed by atoms with E-state index in [4.69, 9.17) is 4.74 Å². The zero-order valence-electron chi connectivity index (χ0n) is 18.5. The molecule has 0 bridgehead atoms. The molecule has 3 heteroatoms. The van der Waals surface area contributed by atoms with Crippen LogP contribution in [0, 0.1) is 0 Å². The van der Waals surface area contributed by atoms with Crippen molar-refractivity contribution in [3.05, 3.63) is 95.6 Å². The van der Waals surface area contributed by atoms with Crippen LogP contribution in [0.25, 0.3) is 23.3 Å². The Hall–Kier alpha value is -3.30. The quantitative estimate of drug-likeness (QED) is 0.403. The molecular weight excluding hydrogens is 382 g/mol. The molecule has 0 saturated carbocycles. The van der Waals surface area contributed by atoms with Crippen LogP contribution >= 0.6 is 0 Å². The summed E-state index contributed by atoms with van der Waals surface area (Å²) in [6.45, 7) is 4.82. The predicted molar refractivity (Wildman–Crippen MR) is 131 cm³/mol. The predicted octanol–water partition coefficient (Wildman–Crippen LogP) is 6.86. The molecule has 0 radical (unpaired) electrons. The minimum Gasteiger partial charge on any atom is -0.507 e. The molecule has 160 valence electrons. The van der Waals surface area contributed by atoms with E-state index in [9.17, 15) is 5.11 Å². The second kappa shape index (κ2) is 11.2. The fraction of sp³-hybridized carbons (Fsp3) is 0.214. The summed E-state index contributed by atoms with van der Waals surface area (Å²) in [4.78, 5) is 0. The van der Waals surface area contributed by atoms with Gasteiger partial charge in [-0.15, -0.1) is 0 Å². The lowest BCUT2D eigenvalue weighted by molar-refractivity contribution is 0.196. The van der Waals surface area contributed by atoms with Crippen LogP contribution in [0.5, 0.6) is 11.5 Å². The normalized spacial score (nSPS) is 12.5. The van der Waals surface area contributed by atoms with E-state index < -0.39 is 0 Å². The number of hydrogen-bond acceptors (Lipinski definition) is 3. The lowest BCUT2D eigenvalue weighted by Gasteiger charge is -2.22. The van der Waals surface area contributed by atoms with Gasteiger partial charge in [0.15, 0.2) is 0 Å². The van der Waals surface area contributed by atoms with Crippen LogP contribution in [0.4, 0.5) is 0 Å². The highest BCUT2D eigenvalue weighted by molar-refractivity contribution is 5.79. The van der Waals surface area contributed by atoms with Crippen molar-refractivity contribution in [1.29, 1.82) is 0 Å². The standard InChI is InChI=1S/C28H31NO2/c1-4-9-21-13-15-26(30)24(19-21)25-20-22(10-5-2)14-16-28(25)31-27(17-18-29-3)23-11-7-6-8-12-23/h4-16,19-20,27,29-30H,17-18H2,1-3H3. The Balaban J connectivity index is 2.09. The van der Waals surface area contributed by atoms with Crippen LogP contribution in [-0.2, 0) is 0 Å². The van der Waals surface area contributed by atoms with Crippen molar-refractivity contribution >= 4 is 12.2 Å². The smallest absolute Gasteiger partial charge is 0.128 e. The molecule has 2 N–H and O–H groups in total. The van der Waals surface area contributed by atoms with E-state index >= 15 is 0 Å². The first-order valence-electron chi connectivity index (χ1n) is 10.7. The molecular formula is C28H31NO2. The summed E-state index contributed by atoms with van der Waals surface area (Å²) in [6.07, 6.45) is 8.82. The highest BCUT2D eigenvalue weighted by Gasteiger charge is 2.18. The van der Waals surface area contributed by atoms with Crippen LogP contribution in [0.2, 0.25) is 0 Å². The van der Waals surface area contributed by atoms with Crippen molar-refractivity contribution in [3.8, 4) is 22.6 Å². The Morgan fingerprint density at radius 2 is 1.52 bits per heavy atom. The zero-order valence-corrected chi connectivity index (χ0v) is 18.5. The lowest BCUT2D eigenvalue weighted by Crippen LogP contribution is -2.16. The summed E-state index contributed by atoms with van der Waals surface area (Å²) in [5, 5.41) is 13.9. The maximum absolute atomic E-state index is 10.7. The summed E-state index contributed by atoms with van der Waals surface area (Å²) in [5.41, 5.74) is 4.87. The number of ether oxygens (including phenoxy) is 1. The summed E-state index contributed by atoms with van der Waals surface area (Å²) in [7, 11) is 1.95. The van der Waals surface area contributed by atoms with Gasteiger partial charge in [0, 0.05) is 17.5 Å². The largest absolute Gasteiger partial charge is 0.507 e. The number of phenolic OH excluding ortho intramolecular Hbond substituents is 1. The van der Waals surface area contributed by atoms with Crippen molar-refractivity contribution in [2.75, 3.05) is 13.6 Å². The molecule has 3 nitrogen and oxygen atoms in total. The molecule has 0 amide bonds. The maximum atomic E-state index is 10.7. The van der Waals surface area contributed by atoms with E-state index in [-0.39, 0.29) is 11.9 Å². The van der Waals surface area contributed by atoms with Crippen molar-refractivity contribution in [2.45, 2.75) is 26.4 Å². The van der Waals surface area contributed by atoms with Gasteiger partial charge in [0.25, 0.3) is 0 Å². The van der Waals surface area contributed by atoms with Gasteiger partial charge >= 0.3 is 0 Å². The topological polar surface area (TPSA) is 41.5 Å². The number of phenols is 1. The van der Waals surface area contributed by atoms with Gasteiger partial charge in [0.1, 0.15) is 17.6 Å². The fourth-order valence-electron chi connectivity index (χ4n) is 3.61. The summed E-state index contributed by atoms with van der Waals surface area (Å²) in [5.74, 6) is 0.994. The van der Waals surface area contributed by atoms with Crippen LogP contribution in [-0.4, -0.2) is 18.7 Å². The average molecular weight is 414 g/mol. The van der Waals surface area contributed by atoms with Crippen molar-refractivity contribution in [3.63, 3.8) is 0 Å². The average Bonchev–Trinajstić information content (AvgIpc) is 2.79. The molecule has 0 aliphatic rings. The first-order valence-corrected chi connectivity index (χ1v) is 10.7. The van der Waals surface area contributed by atoms with Crippen LogP contribution in [0.15, 0.2) is 78.9 Å². The molecule has 0 fully saturated rings. The van der Waals surface area contributed by atoms with E-state index in [0.29, 0.717) is 0 Å². The van der Waals surface area contributed by atoms with Crippen molar-refractivity contribution in [2.24, 2.45) is 0 Å². The minimum absolute atomic E-state index is 0.0965. The first-order chi connectivity index (χ1) is 15.2. The highest BCUT2D eigenvalue weighted by atomic mass is 16.5. The third-order valence-electron chi connectivity index (χ3n) is 5.13. The van der Waals surface area contributed by atoms with Gasteiger partial charge < -0.3 is 15.2 Å². The number of rotatable bonds is 9. The van der Waals surface area contributed by atoms with Gasteiger partial charge in [-0.25, -0.2) is 0 Å². The van der Waals surface area contributed by atoms with Crippen LogP contribution in [0.3, 0.4) is 0 Å². The number of hydrogen-bond donors (Lipinski definition) is 2. The Bertz CT molecular complexity index is 1040. The highest BCUT2D eigenvalue weighted by Crippen LogP contribution is 2.40. The monoisotopic (exact) mass is 413 g/mol. The van der Waals surface area contributed by atoms with Crippen molar-refractivity contribution < 1.29 is 9.84 Å². The summed E-state index contributed by atoms with van der Waals surface area (Å²) >= 11 is 0. The molecule has 0 aliphatic heterocycles. The Kier molecular flexibility index (Phi) is 8.08. The Labute approximate surface area is 185 Å². The molecule has 1 atom stereocenters. The van der Waals surface area contributed by atoms with Gasteiger partial charge in [-0.2, -0.15) is 0 Å². The second-order valence-electron chi connectivity index (χ2n) is 7.44. The van der Waals surface area contributed by atoms with Gasteiger partial charge in [-0.3, -0.25) is 0 Å². The van der Waals surface area contributed by atoms with E-state index in [1.165, 1.54) is 0 Å². The zero-order chi connectivity index (χ0) is 22.1. The molecule has 0 aliphatic carbocycles. The van der Waals surface area contributed by atoms with E-state index in [2.05, 4.69) is 29.6 Å². The third kappa shape index (κ3) is 5.87. The van der Waals surface area contributed by atoms with Gasteiger partial charge in [-0.1, -0.05) is 66.8 Å². The van der Waals surface area contributed by atoms with Gasteiger partial charge in [0.05, 0.1) is 0 Å². The summed E-state index contributed by atoms with van der Waals surface area (Å²) < 4.78 is 6.58. The second-order valence-corrected chi connectivity index (χ2v) is 7.44. The molecule has 3 aromatic carbocycles. The molecule has 3 aromatic rings. The van der Waals surface area contributed by atoms with Gasteiger partial charge in [-0.05, 0) is 68.4 Å². The van der Waals surface area contributed by atoms with E-state index in [0.717, 1.165) is 46.5 Å². The summed E-state index contributed by atoms with van der Waals surface area (Å²) in [6, 6.07) is 22.1. The van der Waals surface area contributed by atoms with Crippen LogP contribution < -0.4 is 10.1 Å². The molecule has 31 heavy (non-hydrogen) atoms. The number of aromatic hydroxyl groups is 1. The van der Waals surface area contributed by atoms with Gasteiger partial charge in [0.2, 0.25) is 0 Å². The molecule has 0 saturated heterocycles. The third-order valence-corrected chi connectivity index (χ3v) is 5.13. The molecule has 1 unspecified atom stereocenters. The Morgan fingerprint density at radius 1 is 0.871 bits per heavy atom. The molecule has 0 aromatic heterocycles.